The Morgan fingerprint density at radius 3 is 2.64 bits per heavy atom. The minimum atomic E-state index is -0.266. The number of aryl methyl sites for hydroxylation is 2. The second kappa shape index (κ2) is 7.06. The lowest BCUT2D eigenvalue weighted by Gasteiger charge is -2.13. The molecule has 6 nitrogen and oxygen atoms in total. The van der Waals surface area contributed by atoms with Gasteiger partial charge in [0.05, 0.1) is 5.71 Å². The van der Waals surface area contributed by atoms with Crippen molar-refractivity contribution >= 4 is 34.6 Å². The van der Waals surface area contributed by atoms with Crippen LogP contribution in [0.4, 0.5) is 5.69 Å². The van der Waals surface area contributed by atoms with E-state index in [2.05, 4.69) is 15.8 Å². The van der Waals surface area contributed by atoms with E-state index in [9.17, 15) is 4.79 Å². The Kier molecular flexibility index (Phi) is 4.85. The highest BCUT2D eigenvalue weighted by molar-refractivity contribution is 7.80. The van der Waals surface area contributed by atoms with Crippen LogP contribution in [-0.4, -0.2) is 16.7 Å². The quantitative estimate of drug-likeness (QED) is 0.581. The van der Waals surface area contributed by atoms with E-state index in [0.717, 1.165) is 53.1 Å². The van der Waals surface area contributed by atoms with Crippen molar-refractivity contribution in [1.82, 2.24) is 5.43 Å². The van der Waals surface area contributed by atoms with Crippen LogP contribution in [0.15, 0.2) is 33.8 Å². The maximum atomic E-state index is 12.6. The summed E-state index contributed by atoms with van der Waals surface area (Å²) in [4.78, 5) is 12.6. The highest BCUT2D eigenvalue weighted by atomic mass is 32.1. The van der Waals surface area contributed by atoms with Crippen LogP contribution < -0.4 is 16.5 Å². The predicted molar refractivity (Wildman–Crippen MR) is 102 cm³/mol. The number of benzene rings is 1. The first-order valence-corrected chi connectivity index (χ1v) is 8.49. The van der Waals surface area contributed by atoms with Crippen LogP contribution in [0.5, 0.6) is 0 Å². The van der Waals surface area contributed by atoms with Crippen molar-refractivity contribution in [3.63, 3.8) is 0 Å². The van der Waals surface area contributed by atoms with Gasteiger partial charge >= 0.3 is 0 Å². The Labute approximate surface area is 151 Å². The van der Waals surface area contributed by atoms with Crippen molar-refractivity contribution in [2.75, 3.05) is 5.32 Å². The summed E-state index contributed by atoms with van der Waals surface area (Å²) in [5, 5.41) is 7.24. The monoisotopic (exact) mass is 356 g/mol. The average molecular weight is 356 g/mol. The number of hydrogen-bond donors (Lipinski definition) is 3. The zero-order valence-corrected chi connectivity index (χ0v) is 15.0. The van der Waals surface area contributed by atoms with E-state index < -0.39 is 0 Å². The third kappa shape index (κ3) is 3.71. The van der Waals surface area contributed by atoms with Gasteiger partial charge in [0.1, 0.15) is 5.76 Å². The van der Waals surface area contributed by atoms with Crippen LogP contribution in [0, 0.1) is 13.8 Å². The van der Waals surface area contributed by atoms with Crippen molar-refractivity contribution in [2.24, 2.45) is 10.8 Å². The summed E-state index contributed by atoms with van der Waals surface area (Å²) in [6.07, 6.45) is 2.46. The Morgan fingerprint density at radius 2 is 1.96 bits per heavy atom. The Hall–Kier alpha value is -2.67. The molecule has 1 amide bonds. The first-order valence-electron chi connectivity index (χ1n) is 8.08. The lowest BCUT2D eigenvalue weighted by molar-refractivity contribution is 0.0994. The zero-order chi connectivity index (χ0) is 18.0. The van der Waals surface area contributed by atoms with Crippen molar-refractivity contribution < 1.29 is 9.21 Å². The molecular weight excluding hydrogens is 336 g/mol. The van der Waals surface area contributed by atoms with Gasteiger partial charge in [0.2, 0.25) is 0 Å². The Morgan fingerprint density at radius 1 is 1.24 bits per heavy atom. The summed E-state index contributed by atoms with van der Waals surface area (Å²) < 4.78 is 5.85. The van der Waals surface area contributed by atoms with Crippen LogP contribution in [0.25, 0.3) is 0 Å². The number of rotatable bonds is 3. The molecular formula is C18H20N4O2S. The van der Waals surface area contributed by atoms with Gasteiger partial charge in [-0.3, -0.25) is 10.2 Å². The predicted octanol–water partition coefficient (Wildman–Crippen LogP) is 3.02. The molecule has 1 aliphatic carbocycles. The summed E-state index contributed by atoms with van der Waals surface area (Å²) in [5.74, 6) is 0.828. The molecule has 0 unspecified atom stereocenters. The van der Waals surface area contributed by atoms with Crippen LogP contribution in [0.3, 0.4) is 0 Å². The maximum Gasteiger partial charge on any atom is 0.291 e. The Bertz CT molecular complexity index is 853. The molecule has 7 heteroatoms. The molecule has 1 aliphatic rings. The fraction of sp³-hybridized carbons (Fsp3) is 0.278. The zero-order valence-electron chi connectivity index (χ0n) is 14.2. The minimum absolute atomic E-state index is 0.109. The molecule has 25 heavy (non-hydrogen) atoms. The minimum Gasteiger partial charge on any atom is -0.455 e. The van der Waals surface area contributed by atoms with E-state index in [1.54, 1.807) is 0 Å². The lowest BCUT2D eigenvalue weighted by atomic mass is 9.93. The number of nitrogens with one attached hydrogen (secondary N) is 2. The fourth-order valence-electron chi connectivity index (χ4n) is 2.94. The summed E-state index contributed by atoms with van der Waals surface area (Å²) in [6.45, 7) is 3.87. The van der Waals surface area contributed by atoms with Gasteiger partial charge in [-0.1, -0.05) is 17.7 Å². The number of nitrogens with two attached hydrogens (primary N) is 1. The van der Waals surface area contributed by atoms with Gasteiger partial charge < -0.3 is 15.5 Å². The molecule has 1 aromatic carbocycles. The third-order valence-electron chi connectivity index (χ3n) is 4.14. The van der Waals surface area contributed by atoms with Crippen molar-refractivity contribution in [2.45, 2.75) is 33.1 Å². The van der Waals surface area contributed by atoms with E-state index in [-0.39, 0.29) is 11.0 Å². The molecule has 4 N–H and O–H groups in total. The fourth-order valence-corrected chi connectivity index (χ4v) is 2.99. The van der Waals surface area contributed by atoms with Crippen molar-refractivity contribution in [1.29, 1.82) is 0 Å². The molecule has 3 rings (SSSR count). The number of anilines is 1. The molecule has 1 heterocycles. The molecule has 1 aromatic heterocycles. The van der Waals surface area contributed by atoms with Gasteiger partial charge in [-0.05, 0) is 51.0 Å². The molecule has 0 aliphatic heterocycles. The highest BCUT2D eigenvalue weighted by Gasteiger charge is 2.28. The number of carbonyl (C=O) groups excluding carboxylic acids is 1. The average Bonchev–Trinajstić information content (AvgIpc) is 2.93. The number of thiocarbonyl (C=S) groups is 1. The van der Waals surface area contributed by atoms with E-state index in [0.29, 0.717) is 5.76 Å². The SMILES string of the molecule is Cc1ccc(NC(=O)c2oc3c(c2C)/C(=N/NC(N)=S)CCC3)cc1. The number of carbonyl (C=O) groups is 1. The van der Waals surface area contributed by atoms with Gasteiger partial charge in [-0.2, -0.15) is 5.10 Å². The van der Waals surface area contributed by atoms with Crippen LogP contribution >= 0.6 is 12.2 Å². The number of fused-ring (bicyclic) bond motifs is 1. The van der Waals surface area contributed by atoms with Gasteiger partial charge in [0.25, 0.3) is 5.91 Å². The second-order valence-electron chi connectivity index (χ2n) is 6.06. The molecule has 0 atom stereocenters. The molecule has 2 aromatic rings. The second-order valence-corrected chi connectivity index (χ2v) is 6.50. The van der Waals surface area contributed by atoms with E-state index in [4.69, 9.17) is 22.4 Å². The van der Waals surface area contributed by atoms with Crippen LogP contribution in [0.2, 0.25) is 0 Å². The number of hydrazone groups is 1. The number of hydrogen-bond acceptors (Lipinski definition) is 4. The smallest absolute Gasteiger partial charge is 0.291 e. The van der Waals surface area contributed by atoms with E-state index in [1.807, 2.05) is 38.1 Å². The van der Waals surface area contributed by atoms with E-state index >= 15 is 0 Å². The third-order valence-corrected chi connectivity index (χ3v) is 4.23. The summed E-state index contributed by atoms with van der Waals surface area (Å²) >= 11 is 4.80. The number of amides is 1. The van der Waals surface area contributed by atoms with Gasteiger partial charge in [0.15, 0.2) is 10.9 Å². The Balaban J connectivity index is 1.88. The highest BCUT2D eigenvalue weighted by Crippen LogP contribution is 2.30. The first kappa shape index (κ1) is 17.2. The first-order chi connectivity index (χ1) is 12.0. The molecule has 0 spiro atoms. The number of furan rings is 1. The normalized spacial score (nSPS) is 14.9. The van der Waals surface area contributed by atoms with Crippen molar-refractivity contribution in [3.8, 4) is 0 Å². The molecule has 0 radical (unpaired) electrons. The summed E-state index contributed by atoms with van der Waals surface area (Å²) in [6, 6.07) is 7.62. The molecule has 0 fully saturated rings. The van der Waals surface area contributed by atoms with Crippen LogP contribution in [0.1, 0.15) is 45.8 Å². The van der Waals surface area contributed by atoms with E-state index in [1.165, 1.54) is 0 Å². The van der Waals surface area contributed by atoms with Gasteiger partial charge in [0, 0.05) is 23.2 Å². The maximum absolute atomic E-state index is 12.6. The van der Waals surface area contributed by atoms with Gasteiger partial charge in [-0.15, -0.1) is 0 Å². The molecule has 130 valence electrons. The lowest BCUT2D eigenvalue weighted by Crippen LogP contribution is -2.26. The summed E-state index contributed by atoms with van der Waals surface area (Å²) in [7, 11) is 0. The van der Waals surface area contributed by atoms with Gasteiger partial charge in [-0.25, -0.2) is 0 Å². The topological polar surface area (TPSA) is 92.6 Å². The largest absolute Gasteiger partial charge is 0.455 e. The van der Waals surface area contributed by atoms with Crippen molar-refractivity contribution in [3.05, 3.63) is 52.5 Å². The number of nitrogens with zero attached hydrogens (tertiary/aromatic N) is 1. The molecule has 0 saturated carbocycles. The van der Waals surface area contributed by atoms with Crippen LogP contribution in [-0.2, 0) is 6.42 Å². The molecule has 0 bridgehead atoms. The standard InChI is InChI=1S/C18H20N4O2S/c1-10-6-8-12(9-7-10)20-17(23)16-11(2)15-13(21-22-18(19)25)4-3-5-14(15)24-16/h6-9H,3-5H2,1-2H3,(H,20,23)(H3,19,22,25)/b21-13+. The summed E-state index contributed by atoms with van der Waals surface area (Å²) in [5.41, 5.74) is 12.4. The molecule has 0 saturated heterocycles.